The Morgan fingerprint density at radius 1 is 1.30 bits per heavy atom. The van der Waals surface area contributed by atoms with Gasteiger partial charge in [-0.25, -0.2) is 0 Å². The fraction of sp³-hybridized carbons (Fsp3) is 0.562. The summed E-state index contributed by atoms with van der Waals surface area (Å²) in [5.74, 6) is 1.93. The van der Waals surface area contributed by atoms with Gasteiger partial charge in [-0.2, -0.15) is 0 Å². The van der Waals surface area contributed by atoms with Gasteiger partial charge < -0.3 is 9.30 Å². The number of ether oxygens (including phenoxy) is 1. The van der Waals surface area contributed by atoms with Crippen LogP contribution in [-0.2, 0) is 11.3 Å². The summed E-state index contributed by atoms with van der Waals surface area (Å²) in [7, 11) is 0. The van der Waals surface area contributed by atoms with Gasteiger partial charge in [-0.3, -0.25) is 9.88 Å². The first kappa shape index (κ1) is 16.4. The van der Waals surface area contributed by atoms with Crippen molar-refractivity contribution < 1.29 is 4.74 Å². The lowest BCUT2D eigenvalue weighted by atomic mass is 10.2. The fourth-order valence-corrected chi connectivity index (χ4v) is 3.76. The second-order valence-electron chi connectivity index (χ2n) is 5.62. The van der Waals surface area contributed by atoms with E-state index in [2.05, 4.69) is 38.5 Å². The van der Waals surface area contributed by atoms with E-state index in [1.807, 2.05) is 12.1 Å². The van der Waals surface area contributed by atoms with Crippen LogP contribution in [0.3, 0.4) is 0 Å². The first-order chi connectivity index (χ1) is 11.3. The van der Waals surface area contributed by atoms with Crippen LogP contribution in [0, 0.1) is 0 Å². The van der Waals surface area contributed by atoms with Gasteiger partial charge in [0.1, 0.15) is 0 Å². The van der Waals surface area contributed by atoms with E-state index in [1.165, 1.54) is 0 Å². The average molecular weight is 333 g/mol. The predicted molar refractivity (Wildman–Crippen MR) is 91.5 cm³/mol. The van der Waals surface area contributed by atoms with Crippen molar-refractivity contribution in [3.05, 3.63) is 24.5 Å². The fourth-order valence-electron chi connectivity index (χ4n) is 2.75. The molecule has 23 heavy (non-hydrogen) atoms. The number of nitrogens with zero attached hydrogens (tertiary/aromatic N) is 5. The van der Waals surface area contributed by atoms with E-state index >= 15 is 0 Å². The number of hydrogen-bond acceptors (Lipinski definition) is 6. The Labute approximate surface area is 141 Å². The van der Waals surface area contributed by atoms with Gasteiger partial charge in [-0.15, -0.1) is 10.2 Å². The third kappa shape index (κ3) is 4.10. The molecule has 1 aliphatic rings. The Morgan fingerprint density at radius 2 is 2.13 bits per heavy atom. The minimum absolute atomic E-state index is 0.339. The molecule has 1 saturated heterocycles. The molecule has 0 spiro atoms. The first-order valence-corrected chi connectivity index (χ1v) is 9.07. The van der Waals surface area contributed by atoms with Gasteiger partial charge in [0.25, 0.3) is 0 Å². The zero-order chi connectivity index (χ0) is 16.1. The SMILES string of the molecule is CCn1c(SCCN2CCO[C@@H](C)C2)nnc1-c1ccncc1. The topological polar surface area (TPSA) is 56.1 Å². The third-order valence-electron chi connectivity index (χ3n) is 3.94. The number of morpholine rings is 1. The van der Waals surface area contributed by atoms with E-state index in [-0.39, 0.29) is 0 Å². The summed E-state index contributed by atoms with van der Waals surface area (Å²) in [6, 6.07) is 3.94. The molecule has 0 unspecified atom stereocenters. The van der Waals surface area contributed by atoms with Crippen molar-refractivity contribution in [1.82, 2.24) is 24.6 Å². The van der Waals surface area contributed by atoms with Gasteiger partial charge in [0, 0.05) is 49.9 Å². The van der Waals surface area contributed by atoms with Crippen molar-refractivity contribution in [1.29, 1.82) is 0 Å². The number of pyridine rings is 1. The van der Waals surface area contributed by atoms with E-state index in [1.54, 1.807) is 24.2 Å². The summed E-state index contributed by atoms with van der Waals surface area (Å²) in [6.45, 7) is 9.05. The molecule has 0 N–H and O–H groups in total. The molecule has 2 aromatic heterocycles. The summed E-state index contributed by atoms with van der Waals surface area (Å²) >= 11 is 1.77. The zero-order valence-corrected chi connectivity index (χ0v) is 14.5. The highest BCUT2D eigenvalue weighted by molar-refractivity contribution is 7.99. The van der Waals surface area contributed by atoms with Gasteiger partial charge in [0.15, 0.2) is 11.0 Å². The van der Waals surface area contributed by atoms with Crippen LogP contribution in [0.5, 0.6) is 0 Å². The molecule has 0 amide bonds. The molecule has 3 rings (SSSR count). The van der Waals surface area contributed by atoms with Crippen LogP contribution in [0.1, 0.15) is 13.8 Å². The number of aromatic nitrogens is 4. The number of hydrogen-bond donors (Lipinski definition) is 0. The minimum atomic E-state index is 0.339. The van der Waals surface area contributed by atoms with E-state index in [0.29, 0.717) is 6.10 Å². The Bertz CT molecular complexity index is 618. The molecule has 0 bridgehead atoms. The second kappa shape index (κ2) is 7.90. The molecule has 0 aromatic carbocycles. The lowest BCUT2D eigenvalue weighted by molar-refractivity contribution is -0.0158. The zero-order valence-electron chi connectivity index (χ0n) is 13.7. The summed E-state index contributed by atoms with van der Waals surface area (Å²) in [5.41, 5.74) is 1.06. The molecular formula is C16H23N5OS. The van der Waals surface area contributed by atoms with Crippen LogP contribution in [0.25, 0.3) is 11.4 Å². The Morgan fingerprint density at radius 3 is 2.87 bits per heavy atom. The van der Waals surface area contributed by atoms with Gasteiger partial charge in [-0.1, -0.05) is 11.8 Å². The highest BCUT2D eigenvalue weighted by atomic mass is 32.2. The van der Waals surface area contributed by atoms with E-state index in [0.717, 1.165) is 55.1 Å². The molecule has 1 atom stereocenters. The normalized spacial score (nSPS) is 19.1. The van der Waals surface area contributed by atoms with E-state index < -0.39 is 0 Å². The molecule has 7 heteroatoms. The lowest BCUT2D eigenvalue weighted by Gasteiger charge is -2.30. The van der Waals surface area contributed by atoms with Gasteiger partial charge in [0.2, 0.25) is 0 Å². The molecular weight excluding hydrogens is 310 g/mol. The largest absolute Gasteiger partial charge is 0.376 e. The van der Waals surface area contributed by atoms with Gasteiger partial charge in [-0.05, 0) is 26.0 Å². The highest BCUT2D eigenvalue weighted by Crippen LogP contribution is 2.23. The standard InChI is InChI=1S/C16H23N5OS/c1-3-21-15(14-4-6-17-7-5-14)18-19-16(21)23-11-9-20-8-10-22-13(2)12-20/h4-7,13H,3,8-12H2,1-2H3/t13-/m0/s1. The smallest absolute Gasteiger partial charge is 0.191 e. The van der Waals surface area contributed by atoms with Gasteiger partial charge in [0.05, 0.1) is 12.7 Å². The maximum atomic E-state index is 5.58. The molecule has 124 valence electrons. The van der Waals surface area contributed by atoms with Gasteiger partial charge >= 0.3 is 0 Å². The molecule has 6 nitrogen and oxygen atoms in total. The molecule has 1 aliphatic heterocycles. The number of thioether (sulfide) groups is 1. The van der Waals surface area contributed by atoms with E-state index in [9.17, 15) is 0 Å². The Kier molecular flexibility index (Phi) is 5.64. The van der Waals surface area contributed by atoms with Crippen LogP contribution in [0.4, 0.5) is 0 Å². The minimum Gasteiger partial charge on any atom is -0.376 e. The van der Waals surface area contributed by atoms with E-state index in [4.69, 9.17) is 4.74 Å². The van der Waals surface area contributed by atoms with Crippen molar-refractivity contribution in [3.8, 4) is 11.4 Å². The van der Waals surface area contributed by atoms with Crippen LogP contribution in [0.2, 0.25) is 0 Å². The van der Waals surface area contributed by atoms with Crippen LogP contribution in [-0.4, -0.2) is 62.7 Å². The highest BCUT2D eigenvalue weighted by Gasteiger charge is 2.17. The molecule has 0 aliphatic carbocycles. The van der Waals surface area contributed by atoms with Crippen molar-refractivity contribution in [2.24, 2.45) is 0 Å². The second-order valence-corrected chi connectivity index (χ2v) is 6.68. The lowest BCUT2D eigenvalue weighted by Crippen LogP contribution is -2.42. The maximum Gasteiger partial charge on any atom is 0.191 e. The predicted octanol–water partition coefficient (Wildman–Crippen LogP) is 2.17. The Hall–Kier alpha value is -1.44. The summed E-state index contributed by atoms with van der Waals surface area (Å²) in [5, 5.41) is 9.73. The summed E-state index contributed by atoms with van der Waals surface area (Å²) in [6.07, 6.45) is 3.92. The molecule has 3 heterocycles. The third-order valence-corrected chi connectivity index (χ3v) is 4.88. The first-order valence-electron chi connectivity index (χ1n) is 8.08. The van der Waals surface area contributed by atoms with Crippen LogP contribution >= 0.6 is 11.8 Å². The van der Waals surface area contributed by atoms with Crippen LogP contribution in [0.15, 0.2) is 29.7 Å². The Balaban J connectivity index is 1.61. The average Bonchev–Trinajstić information content (AvgIpc) is 2.99. The number of rotatable bonds is 6. The van der Waals surface area contributed by atoms with Crippen molar-refractivity contribution >= 4 is 11.8 Å². The monoisotopic (exact) mass is 333 g/mol. The summed E-state index contributed by atoms with van der Waals surface area (Å²) in [4.78, 5) is 6.52. The summed E-state index contributed by atoms with van der Waals surface area (Å²) < 4.78 is 7.75. The van der Waals surface area contributed by atoms with Crippen molar-refractivity contribution in [2.75, 3.05) is 32.0 Å². The molecule has 0 saturated carbocycles. The maximum absolute atomic E-state index is 5.58. The quantitative estimate of drug-likeness (QED) is 0.755. The molecule has 0 radical (unpaired) electrons. The molecule has 2 aromatic rings. The van der Waals surface area contributed by atoms with Crippen molar-refractivity contribution in [2.45, 2.75) is 31.7 Å². The molecule has 1 fully saturated rings. The van der Waals surface area contributed by atoms with Crippen LogP contribution < -0.4 is 0 Å². The van der Waals surface area contributed by atoms with Crippen molar-refractivity contribution in [3.63, 3.8) is 0 Å².